The van der Waals surface area contributed by atoms with Gasteiger partial charge in [-0.15, -0.1) is 0 Å². The Morgan fingerprint density at radius 1 is 1.03 bits per heavy atom. The van der Waals surface area contributed by atoms with Gasteiger partial charge in [-0.05, 0) is 54.4 Å². The molecule has 0 aliphatic rings. The van der Waals surface area contributed by atoms with Crippen LogP contribution in [0.5, 0.6) is 5.75 Å². The summed E-state index contributed by atoms with van der Waals surface area (Å²) in [6, 6.07) is 21.2. The number of carbonyl (C=O) groups excluding carboxylic acids is 2. The second-order valence-electron chi connectivity index (χ2n) is 6.46. The van der Waals surface area contributed by atoms with E-state index in [0.717, 1.165) is 11.3 Å². The van der Waals surface area contributed by atoms with E-state index in [4.69, 9.17) is 16.3 Å². The molecule has 0 bridgehead atoms. The normalized spacial score (nSPS) is 10.6. The number of nitrogens with one attached hydrogen (secondary N) is 2. The molecule has 0 aromatic heterocycles. The summed E-state index contributed by atoms with van der Waals surface area (Å²) in [5.41, 5.74) is 5.36. The highest BCUT2D eigenvalue weighted by molar-refractivity contribution is 6.33. The maximum Gasteiger partial charge on any atom is 0.345 e. The molecule has 30 heavy (non-hydrogen) atoms. The lowest BCUT2D eigenvalue weighted by Gasteiger charge is -2.07. The van der Waals surface area contributed by atoms with Crippen LogP contribution in [0, 0.1) is 6.92 Å². The molecule has 0 aliphatic heterocycles. The highest BCUT2D eigenvalue weighted by Gasteiger charge is 2.12. The highest BCUT2D eigenvalue weighted by Crippen LogP contribution is 2.19. The molecule has 0 spiro atoms. The first-order chi connectivity index (χ1) is 14.5. The zero-order valence-electron chi connectivity index (χ0n) is 16.3. The lowest BCUT2D eigenvalue weighted by molar-refractivity contribution is -0.119. The Kier molecular flexibility index (Phi) is 7.19. The Balaban J connectivity index is 1.53. The number of esters is 1. The molecule has 1 amide bonds. The number of halogens is 1. The lowest BCUT2D eigenvalue weighted by Crippen LogP contribution is -2.25. The number of hydrogen-bond acceptors (Lipinski definition) is 5. The van der Waals surface area contributed by atoms with Crippen LogP contribution in [0.3, 0.4) is 0 Å². The Labute approximate surface area is 179 Å². The van der Waals surface area contributed by atoms with Gasteiger partial charge in [0.15, 0.2) is 0 Å². The molecule has 0 unspecified atom stereocenters. The number of hydrazone groups is 1. The second-order valence-corrected chi connectivity index (χ2v) is 6.87. The largest absolute Gasteiger partial charge is 0.423 e. The highest BCUT2D eigenvalue weighted by atomic mass is 35.5. The van der Waals surface area contributed by atoms with Crippen molar-refractivity contribution in [3.63, 3.8) is 0 Å². The first kappa shape index (κ1) is 21.1. The van der Waals surface area contributed by atoms with Crippen molar-refractivity contribution in [3.05, 3.63) is 94.5 Å². The molecule has 0 saturated heterocycles. The van der Waals surface area contributed by atoms with E-state index in [1.807, 2.05) is 31.2 Å². The number of aryl methyl sites for hydroxylation is 1. The first-order valence-electron chi connectivity index (χ1n) is 9.20. The molecule has 0 radical (unpaired) electrons. The molecule has 3 rings (SSSR count). The van der Waals surface area contributed by atoms with Crippen molar-refractivity contribution < 1.29 is 14.3 Å². The van der Waals surface area contributed by atoms with Gasteiger partial charge in [0.05, 0.1) is 23.3 Å². The summed E-state index contributed by atoms with van der Waals surface area (Å²) in [6.45, 7) is 2.08. The Hall–Kier alpha value is -3.64. The summed E-state index contributed by atoms with van der Waals surface area (Å²) >= 11 is 6.02. The van der Waals surface area contributed by atoms with Crippen LogP contribution >= 0.6 is 11.6 Å². The van der Waals surface area contributed by atoms with E-state index in [1.54, 1.807) is 48.5 Å². The van der Waals surface area contributed by atoms with Gasteiger partial charge in [0.1, 0.15) is 5.75 Å². The van der Waals surface area contributed by atoms with E-state index in [1.165, 1.54) is 6.21 Å². The van der Waals surface area contributed by atoms with Gasteiger partial charge in [0.2, 0.25) is 0 Å². The number of anilines is 1. The van der Waals surface area contributed by atoms with Crippen molar-refractivity contribution in [1.82, 2.24) is 5.43 Å². The molecule has 3 aromatic carbocycles. The van der Waals surface area contributed by atoms with Gasteiger partial charge in [-0.1, -0.05) is 48.0 Å². The van der Waals surface area contributed by atoms with Crippen molar-refractivity contribution >= 4 is 35.4 Å². The monoisotopic (exact) mass is 421 g/mol. The Bertz CT molecular complexity index is 1080. The molecule has 3 aromatic rings. The average molecular weight is 422 g/mol. The van der Waals surface area contributed by atoms with E-state index < -0.39 is 5.97 Å². The van der Waals surface area contributed by atoms with Crippen molar-refractivity contribution in [2.24, 2.45) is 5.10 Å². The molecule has 0 fully saturated rings. The minimum absolute atomic E-state index is 0.0935. The van der Waals surface area contributed by atoms with Crippen LogP contribution in [0.2, 0.25) is 5.02 Å². The Morgan fingerprint density at radius 2 is 1.83 bits per heavy atom. The van der Waals surface area contributed by atoms with Gasteiger partial charge in [-0.25, -0.2) is 10.2 Å². The maximum absolute atomic E-state index is 12.3. The van der Waals surface area contributed by atoms with E-state index in [2.05, 4.69) is 15.8 Å². The minimum atomic E-state index is -0.551. The molecule has 2 N–H and O–H groups in total. The number of hydrogen-bond donors (Lipinski definition) is 2. The minimum Gasteiger partial charge on any atom is -0.423 e. The molecular formula is C23H20ClN3O3. The summed E-state index contributed by atoms with van der Waals surface area (Å²) in [7, 11) is 0. The van der Waals surface area contributed by atoms with Crippen molar-refractivity contribution in [3.8, 4) is 5.75 Å². The fourth-order valence-electron chi connectivity index (χ4n) is 2.60. The number of benzene rings is 3. The fraction of sp³-hybridized carbons (Fsp3) is 0.0870. The molecule has 0 atom stereocenters. The number of amides is 1. The van der Waals surface area contributed by atoms with Crippen LogP contribution in [-0.2, 0) is 4.79 Å². The molecule has 0 saturated carbocycles. The molecule has 0 heterocycles. The van der Waals surface area contributed by atoms with E-state index >= 15 is 0 Å². The van der Waals surface area contributed by atoms with E-state index in [9.17, 15) is 9.59 Å². The van der Waals surface area contributed by atoms with Crippen LogP contribution in [0.15, 0.2) is 77.9 Å². The standard InChI is InChI=1S/C23H20ClN3O3/c1-16-6-4-8-18(12-16)25-15-22(28)27-26-14-17-7-5-9-19(13-17)30-23(29)20-10-2-3-11-21(20)24/h2-14,25H,15H2,1H3,(H,27,28)/b26-14-. The van der Waals surface area contributed by atoms with Gasteiger partial charge < -0.3 is 10.1 Å². The SMILES string of the molecule is Cc1cccc(NCC(=O)N/N=C\c2cccc(OC(=O)c3ccccc3Cl)c2)c1. The summed E-state index contributed by atoms with van der Waals surface area (Å²) in [6.07, 6.45) is 1.47. The van der Waals surface area contributed by atoms with Gasteiger partial charge in [0.25, 0.3) is 5.91 Å². The zero-order chi connectivity index (χ0) is 21.3. The molecule has 0 aliphatic carbocycles. The van der Waals surface area contributed by atoms with Gasteiger partial charge in [-0.3, -0.25) is 4.79 Å². The smallest absolute Gasteiger partial charge is 0.345 e. The quantitative estimate of drug-likeness (QED) is 0.256. The third-order valence-corrected chi connectivity index (χ3v) is 4.37. The maximum atomic E-state index is 12.3. The van der Waals surface area contributed by atoms with Crippen molar-refractivity contribution in [1.29, 1.82) is 0 Å². The molecule has 152 valence electrons. The Morgan fingerprint density at radius 3 is 2.63 bits per heavy atom. The van der Waals surface area contributed by atoms with E-state index in [0.29, 0.717) is 16.3 Å². The van der Waals surface area contributed by atoms with Crippen LogP contribution in [-0.4, -0.2) is 24.6 Å². The summed E-state index contributed by atoms with van der Waals surface area (Å²) < 4.78 is 5.36. The first-order valence-corrected chi connectivity index (χ1v) is 9.58. The van der Waals surface area contributed by atoms with Crippen LogP contribution in [0.25, 0.3) is 0 Å². The van der Waals surface area contributed by atoms with Gasteiger partial charge >= 0.3 is 5.97 Å². The fourth-order valence-corrected chi connectivity index (χ4v) is 2.82. The van der Waals surface area contributed by atoms with Crippen LogP contribution < -0.4 is 15.5 Å². The number of nitrogens with zero attached hydrogens (tertiary/aromatic N) is 1. The molecular weight excluding hydrogens is 402 g/mol. The van der Waals surface area contributed by atoms with E-state index in [-0.39, 0.29) is 18.0 Å². The average Bonchev–Trinajstić information content (AvgIpc) is 2.73. The topological polar surface area (TPSA) is 79.8 Å². The lowest BCUT2D eigenvalue weighted by atomic mass is 10.2. The van der Waals surface area contributed by atoms with Gasteiger partial charge in [0, 0.05) is 5.69 Å². The third kappa shape index (κ3) is 6.18. The third-order valence-electron chi connectivity index (χ3n) is 4.04. The number of carbonyl (C=O) groups is 2. The second kappa shape index (κ2) is 10.2. The van der Waals surface area contributed by atoms with Crippen molar-refractivity contribution in [2.75, 3.05) is 11.9 Å². The summed E-state index contributed by atoms with van der Waals surface area (Å²) in [4.78, 5) is 24.2. The van der Waals surface area contributed by atoms with Crippen LogP contribution in [0.1, 0.15) is 21.5 Å². The van der Waals surface area contributed by atoms with Gasteiger partial charge in [-0.2, -0.15) is 5.10 Å². The molecule has 7 heteroatoms. The predicted octanol–water partition coefficient (Wildman–Crippen LogP) is 4.43. The molecule has 6 nitrogen and oxygen atoms in total. The predicted molar refractivity (Wildman–Crippen MR) is 118 cm³/mol. The van der Waals surface area contributed by atoms with Crippen molar-refractivity contribution in [2.45, 2.75) is 6.92 Å². The summed E-state index contributed by atoms with van der Waals surface area (Å²) in [5.74, 6) is -0.490. The van der Waals surface area contributed by atoms with Crippen LogP contribution in [0.4, 0.5) is 5.69 Å². The zero-order valence-corrected chi connectivity index (χ0v) is 17.0. The summed E-state index contributed by atoms with van der Waals surface area (Å²) in [5, 5.41) is 7.29. The number of ether oxygens (including phenoxy) is 1. The number of rotatable bonds is 7.